The Labute approximate surface area is 183 Å². The topological polar surface area (TPSA) is 111 Å². The fraction of sp³-hybridized carbons (Fsp3) is 0.125. The number of hydrogen-bond donors (Lipinski definition) is 1. The number of carbonyl (C=O) groups excluding carboxylic acids is 2. The predicted octanol–water partition coefficient (Wildman–Crippen LogP) is 3.25. The first-order valence-corrected chi connectivity index (χ1v) is 9.75. The van der Waals surface area contributed by atoms with Gasteiger partial charge in [0.15, 0.2) is 11.5 Å². The number of esters is 1. The molecule has 1 amide bonds. The highest BCUT2D eigenvalue weighted by molar-refractivity contribution is 6.01. The highest BCUT2D eigenvalue weighted by atomic mass is 16.6. The van der Waals surface area contributed by atoms with Crippen LogP contribution >= 0.6 is 0 Å². The lowest BCUT2D eigenvalue weighted by Gasteiger charge is -2.24. The molecule has 8 heteroatoms. The molecule has 0 radical (unpaired) electrons. The quantitative estimate of drug-likeness (QED) is 0.277. The van der Waals surface area contributed by atoms with Gasteiger partial charge in [-0.25, -0.2) is 4.79 Å². The van der Waals surface area contributed by atoms with Crippen molar-refractivity contribution in [2.24, 2.45) is 0 Å². The Morgan fingerprint density at radius 1 is 1.09 bits per heavy atom. The minimum atomic E-state index is -0.882. The maximum atomic E-state index is 12.4. The first kappa shape index (κ1) is 20.8. The maximum absolute atomic E-state index is 12.4. The molecule has 1 unspecified atom stereocenters. The number of carbonyl (C=O) groups is 2. The summed E-state index contributed by atoms with van der Waals surface area (Å²) in [5.41, 5.74) is 0.536. The molecule has 0 bridgehead atoms. The minimum absolute atomic E-state index is 0.0509. The van der Waals surface area contributed by atoms with Gasteiger partial charge in [0.1, 0.15) is 29.8 Å². The number of nitriles is 1. The van der Waals surface area contributed by atoms with E-state index in [-0.39, 0.29) is 18.7 Å². The lowest BCUT2D eigenvalue weighted by Crippen LogP contribution is -2.39. The molecule has 1 atom stereocenters. The standard InChI is InChI=1S/C24H18N2O6/c25-13-17(23(27)26-14-19-4-3-11-29-19)12-16-7-9-18(10-8-16)31-24(28)22-15-30-20-5-1-2-6-21(20)32-22/h1-12,22H,14-15H2,(H,26,27)/b17-12+. The first-order chi connectivity index (χ1) is 15.6. The molecule has 1 aromatic heterocycles. The first-order valence-electron chi connectivity index (χ1n) is 9.75. The predicted molar refractivity (Wildman–Crippen MR) is 113 cm³/mol. The number of rotatable bonds is 6. The number of furan rings is 1. The smallest absolute Gasteiger partial charge is 0.356 e. The summed E-state index contributed by atoms with van der Waals surface area (Å²) in [6.45, 7) is 0.229. The highest BCUT2D eigenvalue weighted by Crippen LogP contribution is 2.31. The van der Waals surface area contributed by atoms with Crippen molar-refractivity contribution in [1.82, 2.24) is 5.32 Å². The van der Waals surface area contributed by atoms with Gasteiger partial charge in [0.25, 0.3) is 5.91 Å². The van der Waals surface area contributed by atoms with Gasteiger partial charge in [-0.2, -0.15) is 5.26 Å². The zero-order chi connectivity index (χ0) is 22.3. The van der Waals surface area contributed by atoms with Crippen LogP contribution in [0.4, 0.5) is 0 Å². The molecule has 2 aromatic carbocycles. The second-order valence-corrected chi connectivity index (χ2v) is 6.79. The number of nitrogens with one attached hydrogen (secondary N) is 1. The SMILES string of the molecule is N#C/C(=C\c1ccc(OC(=O)C2COc3ccccc3O2)cc1)C(=O)NCc1ccco1. The third-order valence-corrected chi connectivity index (χ3v) is 4.55. The van der Waals surface area contributed by atoms with Crippen LogP contribution in [0.1, 0.15) is 11.3 Å². The lowest BCUT2D eigenvalue weighted by molar-refractivity contribution is -0.144. The molecule has 4 rings (SSSR count). The number of amides is 1. The van der Waals surface area contributed by atoms with E-state index in [0.717, 1.165) is 0 Å². The molecule has 0 aliphatic carbocycles. The summed E-state index contributed by atoms with van der Waals surface area (Å²) >= 11 is 0. The zero-order valence-electron chi connectivity index (χ0n) is 16.8. The summed E-state index contributed by atoms with van der Waals surface area (Å²) in [6.07, 6.45) is 2.06. The van der Waals surface area contributed by atoms with Gasteiger partial charge in [0, 0.05) is 0 Å². The van der Waals surface area contributed by atoms with Crippen LogP contribution in [0.5, 0.6) is 17.2 Å². The van der Waals surface area contributed by atoms with E-state index in [0.29, 0.717) is 28.6 Å². The second-order valence-electron chi connectivity index (χ2n) is 6.79. The van der Waals surface area contributed by atoms with Gasteiger partial charge >= 0.3 is 5.97 Å². The van der Waals surface area contributed by atoms with Crippen molar-refractivity contribution in [3.63, 3.8) is 0 Å². The minimum Gasteiger partial charge on any atom is -0.485 e. The third kappa shape index (κ3) is 4.96. The van der Waals surface area contributed by atoms with E-state index in [1.54, 1.807) is 54.6 Å². The fourth-order valence-corrected chi connectivity index (χ4v) is 2.94. The van der Waals surface area contributed by atoms with Crippen molar-refractivity contribution in [2.75, 3.05) is 6.61 Å². The van der Waals surface area contributed by atoms with Crippen LogP contribution in [0.2, 0.25) is 0 Å². The van der Waals surface area contributed by atoms with Crippen LogP contribution in [0, 0.1) is 11.3 Å². The van der Waals surface area contributed by atoms with Crippen LogP contribution in [0.15, 0.2) is 76.9 Å². The molecule has 1 N–H and O–H groups in total. The molecule has 0 fully saturated rings. The average Bonchev–Trinajstić information content (AvgIpc) is 3.35. The molecule has 1 aliphatic heterocycles. The molecule has 160 valence electrons. The summed E-state index contributed by atoms with van der Waals surface area (Å²) in [6, 6.07) is 18.8. The van der Waals surface area contributed by atoms with Crippen LogP contribution in [0.25, 0.3) is 6.08 Å². The normalized spacial score (nSPS) is 14.8. The third-order valence-electron chi connectivity index (χ3n) is 4.55. The number of benzene rings is 2. The van der Waals surface area contributed by atoms with E-state index < -0.39 is 18.0 Å². The van der Waals surface area contributed by atoms with Gasteiger partial charge in [0.05, 0.1) is 12.8 Å². The molecular weight excluding hydrogens is 412 g/mol. The van der Waals surface area contributed by atoms with E-state index in [1.807, 2.05) is 12.1 Å². The number of nitrogens with zero attached hydrogens (tertiary/aromatic N) is 1. The molecule has 0 spiro atoms. The van der Waals surface area contributed by atoms with Crippen LogP contribution in [-0.4, -0.2) is 24.6 Å². The number of hydrogen-bond acceptors (Lipinski definition) is 7. The number of para-hydroxylation sites is 2. The summed E-state index contributed by atoms with van der Waals surface area (Å²) in [5.74, 6) is 0.838. The number of fused-ring (bicyclic) bond motifs is 1. The van der Waals surface area contributed by atoms with E-state index in [4.69, 9.17) is 18.6 Å². The molecule has 0 saturated carbocycles. The largest absolute Gasteiger partial charge is 0.485 e. The monoisotopic (exact) mass is 430 g/mol. The van der Waals surface area contributed by atoms with Crippen molar-refractivity contribution < 1.29 is 28.2 Å². The van der Waals surface area contributed by atoms with Crippen molar-refractivity contribution >= 4 is 18.0 Å². The fourth-order valence-electron chi connectivity index (χ4n) is 2.94. The Balaban J connectivity index is 1.35. The Kier molecular flexibility index (Phi) is 6.18. The van der Waals surface area contributed by atoms with Crippen LogP contribution < -0.4 is 19.5 Å². The Hall–Kier alpha value is -4.51. The van der Waals surface area contributed by atoms with Crippen LogP contribution in [0.3, 0.4) is 0 Å². The van der Waals surface area contributed by atoms with Crippen molar-refractivity contribution in [3.8, 4) is 23.3 Å². The van der Waals surface area contributed by atoms with Gasteiger partial charge < -0.3 is 23.9 Å². The van der Waals surface area contributed by atoms with E-state index in [9.17, 15) is 14.9 Å². The van der Waals surface area contributed by atoms with Gasteiger partial charge in [0.2, 0.25) is 6.10 Å². The Bertz CT molecular complexity index is 1180. The van der Waals surface area contributed by atoms with Crippen molar-refractivity contribution in [1.29, 1.82) is 5.26 Å². The molecule has 1 aliphatic rings. The summed E-state index contributed by atoms with van der Waals surface area (Å²) in [4.78, 5) is 24.6. The van der Waals surface area contributed by atoms with Gasteiger partial charge in [-0.15, -0.1) is 0 Å². The molecule has 2 heterocycles. The molecule has 0 saturated heterocycles. The van der Waals surface area contributed by atoms with Crippen molar-refractivity contribution in [3.05, 3.63) is 83.8 Å². The Morgan fingerprint density at radius 2 is 1.88 bits per heavy atom. The Morgan fingerprint density at radius 3 is 2.59 bits per heavy atom. The van der Waals surface area contributed by atoms with Crippen molar-refractivity contribution in [2.45, 2.75) is 12.6 Å². The molecule has 32 heavy (non-hydrogen) atoms. The van der Waals surface area contributed by atoms with Gasteiger partial charge in [-0.3, -0.25) is 4.79 Å². The summed E-state index contributed by atoms with van der Waals surface area (Å²) < 4.78 is 21.7. The lowest BCUT2D eigenvalue weighted by atomic mass is 10.1. The molecule has 3 aromatic rings. The average molecular weight is 430 g/mol. The number of ether oxygens (including phenoxy) is 3. The molecule has 8 nitrogen and oxygen atoms in total. The van der Waals surface area contributed by atoms with E-state index >= 15 is 0 Å². The highest BCUT2D eigenvalue weighted by Gasteiger charge is 2.29. The van der Waals surface area contributed by atoms with E-state index in [1.165, 1.54) is 12.3 Å². The summed E-state index contributed by atoms with van der Waals surface area (Å²) in [5, 5.41) is 11.9. The summed E-state index contributed by atoms with van der Waals surface area (Å²) in [7, 11) is 0. The van der Waals surface area contributed by atoms with Gasteiger partial charge in [-0.1, -0.05) is 24.3 Å². The molecular formula is C24H18N2O6. The maximum Gasteiger partial charge on any atom is 0.356 e. The van der Waals surface area contributed by atoms with E-state index in [2.05, 4.69) is 5.32 Å². The van der Waals surface area contributed by atoms with Crippen LogP contribution in [-0.2, 0) is 16.1 Å². The second kappa shape index (κ2) is 9.53. The zero-order valence-corrected chi connectivity index (χ0v) is 16.8. The van der Waals surface area contributed by atoms with Gasteiger partial charge in [-0.05, 0) is 48.0 Å².